The highest BCUT2D eigenvalue weighted by molar-refractivity contribution is 6.19. The van der Waals surface area contributed by atoms with Crippen molar-refractivity contribution in [1.29, 1.82) is 0 Å². The number of nitrogens with one attached hydrogen (secondary N) is 1. The van der Waals surface area contributed by atoms with E-state index in [0.29, 0.717) is 0 Å². The van der Waals surface area contributed by atoms with E-state index in [-0.39, 0.29) is 5.41 Å². The Balaban J connectivity index is 1.39. The van der Waals surface area contributed by atoms with E-state index in [2.05, 4.69) is 37.4 Å². The summed E-state index contributed by atoms with van der Waals surface area (Å²) >= 11 is 0. The molecule has 4 heteroatoms. The number of benzene rings is 2. The molecule has 0 saturated carbocycles. The lowest BCUT2D eigenvalue weighted by molar-refractivity contribution is 0.482. The molecular formula is C26H26N4. The summed E-state index contributed by atoms with van der Waals surface area (Å²) in [5, 5.41) is 3.35. The summed E-state index contributed by atoms with van der Waals surface area (Å²) in [7, 11) is 0. The second-order valence-electron chi connectivity index (χ2n) is 8.19. The molecule has 0 atom stereocenters. The molecular weight excluding hydrogens is 368 g/mol. The van der Waals surface area contributed by atoms with Gasteiger partial charge in [-0.15, -0.1) is 0 Å². The Morgan fingerprint density at radius 2 is 1.33 bits per heavy atom. The standard InChI is InChI=1S/C26H26N4/c1-26(2)17-15-25(16-18-26)30-24-13-11-23(12-14-24)29-22-9-7-21(8-10-22)28-20-5-3-19(27)4-6-20/h3-17,28H,18,27H2,1-2H3. The molecule has 0 heterocycles. The van der Waals surface area contributed by atoms with E-state index in [1.165, 1.54) is 0 Å². The lowest BCUT2D eigenvalue weighted by atomic mass is 9.85. The fourth-order valence-electron chi connectivity index (χ4n) is 3.15. The molecule has 30 heavy (non-hydrogen) atoms. The molecule has 2 aliphatic rings. The third-order valence-electron chi connectivity index (χ3n) is 4.98. The van der Waals surface area contributed by atoms with Gasteiger partial charge in [-0.25, -0.2) is 9.98 Å². The summed E-state index contributed by atoms with van der Waals surface area (Å²) in [6, 6.07) is 15.7. The van der Waals surface area contributed by atoms with Gasteiger partial charge < -0.3 is 11.1 Å². The zero-order valence-corrected chi connectivity index (χ0v) is 17.3. The van der Waals surface area contributed by atoms with Crippen LogP contribution in [0.3, 0.4) is 0 Å². The van der Waals surface area contributed by atoms with Crippen LogP contribution < -0.4 is 11.1 Å². The number of hydrogen-bond donors (Lipinski definition) is 2. The van der Waals surface area contributed by atoms with Gasteiger partial charge in [0.15, 0.2) is 0 Å². The Morgan fingerprint density at radius 3 is 1.90 bits per heavy atom. The summed E-state index contributed by atoms with van der Waals surface area (Å²) in [5.74, 6) is 0. The predicted octanol–water partition coefficient (Wildman–Crippen LogP) is 6.52. The van der Waals surface area contributed by atoms with E-state index >= 15 is 0 Å². The average Bonchev–Trinajstić information content (AvgIpc) is 2.74. The van der Waals surface area contributed by atoms with Crippen molar-refractivity contribution in [3.05, 3.63) is 96.8 Å². The summed E-state index contributed by atoms with van der Waals surface area (Å²) in [4.78, 5) is 9.40. The first-order valence-corrected chi connectivity index (χ1v) is 10.1. The number of rotatable bonds is 4. The second kappa shape index (κ2) is 8.37. The van der Waals surface area contributed by atoms with E-state index in [1.54, 1.807) is 0 Å². The van der Waals surface area contributed by atoms with Crippen LogP contribution in [-0.2, 0) is 0 Å². The van der Waals surface area contributed by atoms with Gasteiger partial charge in [-0.1, -0.05) is 26.0 Å². The summed E-state index contributed by atoms with van der Waals surface area (Å²) < 4.78 is 0. The van der Waals surface area contributed by atoms with Crippen molar-refractivity contribution in [1.82, 2.24) is 0 Å². The molecule has 0 aliphatic heterocycles. The third kappa shape index (κ3) is 5.23. The predicted molar refractivity (Wildman–Crippen MR) is 129 cm³/mol. The van der Waals surface area contributed by atoms with Gasteiger partial charge in [0.25, 0.3) is 0 Å². The van der Waals surface area contributed by atoms with E-state index in [0.717, 1.165) is 46.3 Å². The zero-order chi connectivity index (χ0) is 21.0. The van der Waals surface area contributed by atoms with E-state index in [1.807, 2.05) is 72.8 Å². The molecule has 0 saturated heterocycles. The normalized spacial score (nSPS) is 16.9. The zero-order valence-electron chi connectivity index (χ0n) is 17.3. The van der Waals surface area contributed by atoms with Crippen LogP contribution in [0.4, 0.5) is 22.7 Å². The van der Waals surface area contributed by atoms with Crippen molar-refractivity contribution in [2.75, 3.05) is 11.1 Å². The van der Waals surface area contributed by atoms with E-state index in [4.69, 9.17) is 15.7 Å². The summed E-state index contributed by atoms with van der Waals surface area (Å²) in [6.45, 7) is 4.46. The first-order chi connectivity index (χ1) is 14.4. The monoisotopic (exact) mass is 394 g/mol. The SMILES string of the molecule is CC1(C)C=CC(N=C2C=CC(=Nc3ccc(Nc4ccc(N)cc4)cc3)C=C2)=CC1. The molecule has 2 aromatic rings. The van der Waals surface area contributed by atoms with Gasteiger partial charge >= 0.3 is 0 Å². The van der Waals surface area contributed by atoms with Gasteiger partial charge in [0, 0.05) is 17.1 Å². The van der Waals surface area contributed by atoms with Gasteiger partial charge in [-0.05, 0) is 90.7 Å². The maximum atomic E-state index is 5.73. The Hall–Kier alpha value is -3.66. The van der Waals surface area contributed by atoms with E-state index < -0.39 is 0 Å². The molecule has 0 amide bonds. The second-order valence-corrected chi connectivity index (χ2v) is 8.19. The number of nitrogens with zero attached hydrogens (tertiary/aromatic N) is 2. The molecule has 0 fully saturated rings. The van der Waals surface area contributed by atoms with Gasteiger partial charge in [0.2, 0.25) is 0 Å². The molecule has 150 valence electrons. The number of hydrogen-bond acceptors (Lipinski definition) is 4. The molecule has 0 bridgehead atoms. The van der Waals surface area contributed by atoms with Crippen molar-refractivity contribution in [2.45, 2.75) is 20.3 Å². The molecule has 0 radical (unpaired) electrons. The van der Waals surface area contributed by atoms with Gasteiger partial charge in [-0.3, -0.25) is 0 Å². The first-order valence-electron chi connectivity index (χ1n) is 10.1. The third-order valence-corrected chi connectivity index (χ3v) is 4.98. The Bertz CT molecular complexity index is 1070. The van der Waals surface area contributed by atoms with Crippen LogP contribution in [0.5, 0.6) is 0 Å². The number of anilines is 3. The number of allylic oxidation sites excluding steroid dienone is 7. The van der Waals surface area contributed by atoms with Crippen molar-refractivity contribution < 1.29 is 0 Å². The minimum atomic E-state index is 0.224. The van der Waals surface area contributed by atoms with Crippen LogP contribution in [0.25, 0.3) is 0 Å². The highest BCUT2D eigenvalue weighted by atomic mass is 14.9. The molecule has 4 rings (SSSR count). The minimum absolute atomic E-state index is 0.224. The average molecular weight is 395 g/mol. The maximum Gasteiger partial charge on any atom is 0.0638 e. The Kier molecular flexibility index (Phi) is 5.48. The summed E-state index contributed by atoms with van der Waals surface area (Å²) in [5.41, 5.74) is 12.5. The largest absolute Gasteiger partial charge is 0.399 e. The molecule has 0 unspecified atom stereocenters. The van der Waals surface area contributed by atoms with Gasteiger partial charge in [0.1, 0.15) is 0 Å². The number of aliphatic imine (C=N–C) groups is 2. The van der Waals surface area contributed by atoms with Crippen molar-refractivity contribution in [3.8, 4) is 0 Å². The van der Waals surface area contributed by atoms with Crippen LogP contribution in [0, 0.1) is 5.41 Å². The van der Waals surface area contributed by atoms with Crippen LogP contribution in [0.1, 0.15) is 20.3 Å². The minimum Gasteiger partial charge on any atom is -0.399 e. The number of nitrogens with two attached hydrogens (primary N) is 1. The number of nitrogen functional groups attached to an aromatic ring is 1. The first kappa shape index (κ1) is 19.6. The lowest BCUT2D eigenvalue weighted by Crippen LogP contribution is -2.09. The molecule has 0 aromatic heterocycles. The molecule has 0 spiro atoms. The lowest BCUT2D eigenvalue weighted by Gasteiger charge is -2.21. The molecule has 4 nitrogen and oxygen atoms in total. The fourth-order valence-corrected chi connectivity index (χ4v) is 3.15. The van der Waals surface area contributed by atoms with Crippen molar-refractivity contribution in [2.24, 2.45) is 15.4 Å². The topological polar surface area (TPSA) is 62.8 Å². The van der Waals surface area contributed by atoms with Crippen molar-refractivity contribution in [3.63, 3.8) is 0 Å². The Morgan fingerprint density at radius 1 is 0.767 bits per heavy atom. The highest BCUT2D eigenvalue weighted by Crippen LogP contribution is 2.28. The summed E-state index contributed by atoms with van der Waals surface area (Å²) in [6.07, 6.45) is 15.5. The van der Waals surface area contributed by atoms with Crippen LogP contribution in [0.2, 0.25) is 0 Å². The maximum absolute atomic E-state index is 5.73. The molecule has 3 N–H and O–H groups in total. The van der Waals surface area contributed by atoms with E-state index in [9.17, 15) is 0 Å². The van der Waals surface area contributed by atoms with Crippen molar-refractivity contribution >= 4 is 34.2 Å². The van der Waals surface area contributed by atoms with Crippen LogP contribution in [-0.4, -0.2) is 11.4 Å². The molecule has 2 aromatic carbocycles. The van der Waals surface area contributed by atoms with Gasteiger partial charge in [0.05, 0.1) is 22.8 Å². The van der Waals surface area contributed by atoms with Crippen LogP contribution >= 0.6 is 0 Å². The van der Waals surface area contributed by atoms with Crippen LogP contribution in [0.15, 0.2) is 107 Å². The highest BCUT2D eigenvalue weighted by Gasteiger charge is 2.15. The Labute approximate surface area is 178 Å². The molecule has 2 aliphatic carbocycles. The van der Waals surface area contributed by atoms with Gasteiger partial charge in [-0.2, -0.15) is 0 Å². The smallest absolute Gasteiger partial charge is 0.0638 e. The quantitative estimate of drug-likeness (QED) is 0.458. The fraction of sp³-hybridized carbons (Fsp3) is 0.154.